The molecule has 0 spiro atoms. The summed E-state index contributed by atoms with van der Waals surface area (Å²) >= 11 is 0. The molecule has 0 unspecified atom stereocenters. The predicted molar refractivity (Wildman–Crippen MR) is 118 cm³/mol. The lowest BCUT2D eigenvalue weighted by atomic mass is 10.0. The van der Waals surface area contributed by atoms with E-state index in [0.717, 1.165) is 5.56 Å². The maximum atomic E-state index is 13.3. The van der Waals surface area contributed by atoms with E-state index >= 15 is 0 Å². The van der Waals surface area contributed by atoms with Crippen LogP contribution in [0.1, 0.15) is 31.9 Å². The molecule has 0 aromatic heterocycles. The summed E-state index contributed by atoms with van der Waals surface area (Å²) in [6.07, 6.45) is 2.18. The molecule has 0 radical (unpaired) electrons. The van der Waals surface area contributed by atoms with Crippen LogP contribution in [0, 0.1) is 0 Å². The molecule has 2 aromatic carbocycles. The van der Waals surface area contributed by atoms with Crippen molar-refractivity contribution < 1.29 is 24.2 Å². The molecule has 1 amide bonds. The second kappa shape index (κ2) is 9.98. The van der Waals surface area contributed by atoms with Crippen LogP contribution < -0.4 is 4.74 Å². The van der Waals surface area contributed by atoms with Crippen molar-refractivity contribution in [2.75, 3.05) is 19.8 Å². The summed E-state index contributed by atoms with van der Waals surface area (Å²) in [6.45, 7) is 6.31. The van der Waals surface area contributed by atoms with Gasteiger partial charge >= 0.3 is 5.97 Å². The Hall–Kier alpha value is -3.54. The summed E-state index contributed by atoms with van der Waals surface area (Å²) in [5, 5.41) is 10.6. The van der Waals surface area contributed by atoms with Crippen molar-refractivity contribution in [2.24, 2.45) is 0 Å². The van der Waals surface area contributed by atoms with E-state index in [9.17, 15) is 14.7 Å². The third-order valence-corrected chi connectivity index (χ3v) is 5.09. The molecule has 0 aliphatic carbocycles. The Morgan fingerprint density at radius 2 is 1.81 bits per heavy atom. The number of ether oxygens (including phenoxy) is 2. The number of phenolic OH excluding ortho intramolecular Hbond substituents is 1. The Balaban J connectivity index is 1.98. The lowest BCUT2D eigenvalue weighted by molar-refractivity contribution is -0.138. The van der Waals surface area contributed by atoms with Crippen molar-refractivity contribution in [3.8, 4) is 11.5 Å². The second-order valence-electron chi connectivity index (χ2n) is 7.06. The predicted octanol–water partition coefficient (Wildman–Crippen LogP) is 4.10. The number of para-hydroxylation sites is 1. The van der Waals surface area contributed by atoms with E-state index < -0.39 is 5.97 Å². The van der Waals surface area contributed by atoms with Crippen LogP contribution in [0.25, 0.3) is 6.08 Å². The molecule has 1 aliphatic rings. The zero-order valence-corrected chi connectivity index (χ0v) is 18.1. The van der Waals surface area contributed by atoms with Crippen LogP contribution in [0.5, 0.6) is 11.5 Å². The van der Waals surface area contributed by atoms with Gasteiger partial charge in [-0.25, -0.2) is 4.79 Å². The zero-order chi connectivity index (χ0) is 22.4. The summed E-state index contributed by atoms with van der Waals surface area (Å²) in [4.78, 5) is 27.6. The van der Waals surface area contributed by atoms with E-state index in [0.29, 0.717) is 36.6 Å². The molecule has 1 aliphatic heterocycles. The number of aromatic hydroxyl groups is 1. The van der Waals surface area contributed by atoms with Crippen molar-refractivity contribution in [1.29, 1.82) is 0 Å². The first-order valence-corrected chi connectivity index (χ1v) is 10.4. The van der Waals surface area contributed by atoms with Crippen LogP contribution in [0.15, 0.2) is 65.4 Å². The highest BCUT2D eigenvalue weighted by atomic mass is 16.5. The minimum Gasteiger partial charge on any atom is -0.504 e. The van der Waals surface area contributed by atoms with Crippen LogP contribution in [0.3, 0.4) is 0 Å². The van der Waals surface area contributed by atoms with Gasteiger partial charge in [0.25, 0.3) is 5.91 Å². The molecule has 31 heavy (non-hydrogen) atoms. The number of carbonyl (C=O) groups excluding carboxylic acids is 2. The van der Waals surface area contributed by atoms with E-state index in [2.05, 4.69) is 0 Å². The lowest BCUT2D eigenvalue weighted by Crippen LogP contribution is -2.27. The molecule has 3 rings (SSSR count). The van der Waals surface area contributed by atoms with Gasteiger partial charge in [0.15, 0.2) is 11.5 Å². The van der Waals surface area contributed by atoms with Gasteiger partial charge in [0.05, 0.1) is 24.4 Å². The van der Waals surface area contributed by atoms with Crippen LogP contribution in [-0.2, 0) is 20.7 Å². The molecule has 6 heteroatoms. The van der Waals surface area contributed by atoms with Crippen molar-refractivity contribution in [3.05, 3.63) is 76.5 Å². The van der Waals surface area contributed by atoms with Crippen molar-refractivity contribution >= 4 is 18.0 Å². The number of carbonyl (C=O) groups is 2. The number of nitrogens with zero attached hydrogens (tertiary/aromatic N) is 1. The highest BCUT2D eigenvalue weighted by Gasteiger charge is 2.37. The van der Waals surface area contributed by atoms with Crippen LogP contribution >= 0.6 is 0 Å². The Kier molecular flexibility index (Phi) is 7.13. The molecular formula is C25H27NO5. The fraction of sp³-hybridized carbons (Fsp3) is 0.280. The monoisotopic (exact) mass is 421 g/mol. The number of rotatable bonds is 8. The molecule has 0 atom stereocenters. The zero-order valence-electron chi connectivity index (χ0n) is 18.1. The van der Waals surface area contributed by atoms with E-state index in [1.807, 2.05) is 37.3 Å². The van der Waals surface area contributed by atoms with Gasteiger partial charge in [-0.05, 0) is 44.9 Å². The average molecular weight is 421 g/mol. The van der Waals surface area contributed by atoms with E-state index in [1.54, 1.807) is 36.9 Å². The van der Waals surface area contributed by atoms with Gasteiger partial charge < -0.3 is 19.5 Å². The topological polar surface area (TPSA) is 76.1 Å². The SMILES string of the molecule is CCOC(=O)C1=C(C)N(CCc2ccccc2)C(=O)/C1=C\c1cccc(OCC)c1O. The fourth-order valence-electron chi connectivity index (χ4n) is 3.57. The van der Waals surface area contributed by atoms with Gasteiger partial charge in [-0.2, -0.15) is 0 Å². The third kappa shape index (κ3) is 4.79. The Morgan fingerprint density at radius 1 is 1.06 bits per heavy atom. The fourth-order valence-corrected chi connectivity index (χ4v) is 3.57. The Bertz CT molecular complexity index is 1020. The van der Waals surface area contributed by atoms with Gasteiger partial charge in [0.1, 0.15) is 0 Å². The Labute approximate surface area is 182 Å². The smallest absolute Gasteiger partial charge is 0.340 e. The van der Waals surface area contributed by atoms with Crippen LogP contribution in [-0.4, -0.2) is 41.6 Å². The van der Waals surface area contributed by atoms with Gasteiger partial charge in [-0.1, -0.05) is 42.5 Å². The van der Waals surface area contributed by atoms with E-state index in [4.69, 9.17) is 9.47 Å². The molecule has 0 fully saturated rings. The summed E-state index contributed by atoms with van der Waals surface area (Å²) in [5.74, 6) is -0.602. The Morgan fingerprint density at radius 3 is 2.48 bits per heavy atom. The first kappa shape index (κ1) is 22.2. The first-order chi connectivity index (χ1) is 15.0. The van der Waals surface area contributed by atoms with Gasteiger partial charge in [-0.3, -0.25) is 4.79 Å². The maximum Gasteiger partial charge on any atom is 0.340 e. The molecule has 1 heterocycles. The van der Waals surface area contributed by atoms with E-state index in [1.165, 1.54) is 6.08 Å². The minimum absolute atomic E-state index is 0.0757. The molecule has 162 valence electrons. The third-order valence-electron chi connectivity index (χ3n) is 5.09. The highest BCUT2D eigenvalue weighted by Crippen LogP contribution is 2.36. The van der Waals surface area contributed by atoms with Crippen molar-refractivity contribution in [3.63, 3.8) is 0 Å². The summed E-state index contributed by atoms with van der Waals surface area (Å²) < 4.78 is 10.6. The molecule has 0 bridgehead atoms. The molecular weight excluding hydrogens is 394 g/mol. The lowest BCUT2D eigenvalue weighted by Gasteiger charge is -2.17. The highest BCUT2D eigenvalue weighted by molar-refractivity contribution is 6.16. The normalized spacial score (nSPS) is 15.0. The maximum absolute atomic E-state index is 13.3. The number of allylic oxidation sites excluding steroid dienone is 1. The van der Waals surface area contributed by atoms with Crippen LogP contribution in [0.2, 0.25) is 0 Å². The summed E-state index contributed by atoms with van der Waals surface area (Å²) in [7, 11) is 0. The molecule has 6 nitrogen and oxygen atoms in total. The standard InChI is InChI=1S/C25H27NO5/c1-4-30-21-13-9-12-19(23(21)27)16-20-22(25(29)31-5-2)17(3)26(24(20)28)15-14-18-10-7-6-8-11-18/h6-13,16,27H,4-5,14-15H2,1-3H3/b20-16-. The molecule has 2 aromatic rings. The first-order valence-electron chi connectivity index (χ1n) is 10.4. The number of phenols is 1. The molecule has 1 N–H and O–H groups in total. The van der Waals surface area contributed by atoms with Crippen LogP contribution in [0.4, 0.5) is 0 Å². The number of benzene rings is 2. The van der Waals surface area contributed by atoms with Crippen molar-refractivity contribution in [1.82, 2.24) is 4.90 Å². The summed E-state index contributed by atoms with van der Waals surface area (Å²) in [6, 6.07) is 14.9. The number of hydrogen-bond donors (Lipinski definition) is 1. The average Bonchev–Trinajstić information content (AvgIpc) is 2.99. The minimum atomic E-state index is -0.553. The molecule has 0 saturated carbocycles. The molecule has 0 saturated heterocycles. The van der Waals surface area contributed by atoms with E-state index in [-0.39, 0.29) is 29.4 Å². The van der Waals surface area contributed by atoms with Gasteiger partial charge in [-0.15, -0.1) is 0 Å². The second-order valence-corrected chi connectivity index (χ2v) is 7.06. The largest absolute Gasteiger partial charge is 0.504 e. The van der Waals surface area contributed by atoms with Gasteiger partial charge in [0.2, 0.25) is 0 Å². The van der Waals surface area contributed by atoms with Crippen molar-refractivity contribution in [2.45, 2.75) is 27.2 Å². The summed E-state index contributed by atoms with van der Waals surface area (Å²) in [5.41, 5.74) is 2.47. The number of amides is 1. The van der Waals surface area contributed by atoms with Gasteiger partial charge in [0, 0.05) is 17.8 Å². The number of esters is 1. The quantitative estimate of drug-likeness (QED) is 0.513. The number of hydrogen-bond acceptors (Lipinski definition) is 5.